The normalized spacial score (nSPS) is 11.1. The zero-order chi connectivity index (χ0) is 13.0. The second kappa shape index (κ2) is 5.67. The molecule has 0 aliphatic rings. The number of fused-ring (bicyclic) bond motifs is 1. The van der Waals surface area contributed by atoms with E-state index in [1.54, 1.807) is 6.33 Å². The van der Waals surface area contributed by atoms with Crippen molar-refractivity contribution in [3.8, 4) is 0 Å². The van der Waals surface area contributed by atoms with E-state index in [1.807, 2.05) is 28.8 Å². The summed E-state index contributed by atoms with van der Waals surface area (Å²) < 4.78 is 1.88. The van der Waals surface area contributed by atoms with Crippen molar-refractivity contribution in [3.63, 3.8) is 0 Å². The number of nitrogens with zero attached hydrogens (tertiary/aromatic N) is 2. The molecule has 1 amide bonds. The molecule has 96 valence electrons. The number of amides is 1. The highest BCUT2D eigenvalue weighted by atomic mass is 16.2. The van der Waals surface area contributed by atoms with E-state index >= 15 is 0 Å². The van der Waals surface area contributed by atoms with Crippen LogP contribution < -0.4 is 5.32 Å². The Hall–Kier alpha value is -1.84. The maximum atomic E-state index is 11.9. The molecule has 0 spiro atoms. The fourth-order valence-electron chi connectivity index (χ4n) is 2.06. The van der Waals surface area contributed by atoms with Gasteiger partial charge in [0.25, 0.3) is 0 Å². The molecule has 1 aromatic heterocycles. The van der Waals surface area contributed by atoms with Gasteiger partial charge in [-0.05, 0) is 25.0 Å². The number of para-hydroxylation sites is 2. The van der Waals surface area contributed by atoms with E-state index < -0.39 is 0 Å². The van der Waals surface area contributed by atoms with Gasteiger partial charge in [-0.2, -0.15) is 0 Å². The van der Waals surface area contributed by atoms with Crippen molar-refractivity contribution in [1.29, 1.82) is 0 Å². The van der Waals surface area contributed by atoms with Gasteiger partial charge in [-0.3, -0.25) is 4.79 Å². The van der Waals surface area contributed by atoms with Crippen molar-refractivity contribution in [3.05, 3.63) is 30.6 Å². The highest BCUT2D eigenvalue weighted by Gasteiger charge is 2.10. The van der Waals surface area contributed by atoms with E-state index in [2.05, 4.69) is 24.1 Å². The third-order valence-corrected chi connectivity index (χ3v) is 3.19. The topological polar surface area (TPSA) is 46.9 Å². The van der Waals surface area contributed by atoms with E-state index in [-0.39, 0.29) is 11.9 Å². The van der Waals surface area contributed by atoms with Gasteiger partial charge in [0, 0.05) is 6.04 Å². The van der Waals surface area contributed by atoms with Gasteiger partial charge in [0.2, 0.25) is 5.91 Å². The van der Waals surface area contributed by atoms with Crippen LogP contribution >= 0.6 is 0 Å². The minimum atomic E-state index is 0.0480. The Kier molecular flexibility index (Phi) is 3.97. The second-order valence-corrected chi connectivity index (χ2v) is 4.44. The van der Waals surface area contributed by atoms with Crippen molar-refractivity contribution in [2.24, 2.45) is 0 Å². The molecule has 0 saturated heterocycles. The zero-order valence-electron chi connectivity index (χ0n) is 10.9. The molecule has 0 saturated carbocycles. The number of hydrogen-bond donors (Lipinski definition) is 1. The summed E-state index contributed by atoms with van der Waals surface area (Å²) in [5, 5.41) is 3.03. The average Bonchev–Trinajstić information content (AvgIpc) is 2.79. The van der Waals surface area contributed by atoms with Crippen molar-refractivity contribution in [2.75, 3.05) is 0 Å². The van der Waals surface area contributed by atoms with Crippen molar-refractivity contribution in [1.82, 2.24) is 14.9 Å². The number of imidazole rings is 1. The number of benzene rings is 1. The molecule has 4 heteroatoms. The highest BCUT2D eigenvalue weighted by Crippen LogP contribution is 2.11. The first-order valence-electron chi connectivity index (χ1n) is 6.43. The number of nitrogens with one attached hydrogen (secondary N) is 1. The predicted octanol–water partition coefficient (Wildman–Crippen LogP) is 2.34. The summed E-state index contributed by atoms with van der Waals surface area (Å²) in [6.45, 7) is 4.50. The first-order chi connectivity index (χ1) is 8.74. The maximum Gasteiger partial charge on any atom is 0.240 e. The molecule has 0 atom stereocenters. The molecule has 2 rings (SSSR count). The first kappa shape index (κ1) is 12.6. The zero-order valence-corrected chi connectivity index (χ0v) is 10.9. The quantitative estimate of drug-likeness (QED) is 0.879. The minimum absolute atomic E-state index is 0.0480. The number of rotatable bonds is 5. The van der Waals surface area contributed by atoms with Crippen LogP contribution in [0.25, 0.3) is 11.0 Å². The number of carbonyl (C=O) groups excluding carboxylic acids is 1. The standard InChI is InChI=1S/C14H19N3O/c1-3-11(4-2)16-14(18)9-17-10-15-12-7-5-6-8-13(12)17/h5-8,10-11H,3-4,9H2,1-2H3,(H,16,18). The number of aromatic nitrogens is 2. The minimum Gasteiger partial charge on any atom is -0.352 e. The Labute approximate surface area is 107 Å². The van der Waals surface area contributed by atoms with Crippen LogP contribution in [0.15, 0.2) is 30.6 Å². The van der Waals surface area contributed by atoms with Crippen LogP contribution in [-0.4, -0.2) is 21.5 Å². The van der Waals surface area contributed by atoms with Crippen LogP contribution in [0.5, 0.6) is 0 Å². The molecule has 0 unspecified atom stereocenters. The fraction of sp³-hybridized carbons (Fsp3) is 0.429. The van der Waals surface area contributed by atoms with Gasteiger partial charge in [0.05, 0.1) is 17.4 Å². The molecule has 2 aromatic rings. The Morgan fingerprint density at radius 3 is 2.78 bits per heavy atom. The van der Waals surface area contributed by atoms with Crippen LogP contribution in [0.4, 0.5) is 0 Å². The Morgan fingerprint density at radius 1 is 1.33 bits per heavy atom. The summed E-state index contributed by atoms with van der Waals surface area (Å²) in [6, 6.07) is 8.10. The molecule has 1 heterocycles. The molecule has 0 fully saturated rings. The Bertz CT molecular complexity index is 529. The van der Waals surface area contributed by atoms with Crippen molar-refractivity contribution in [2.45, 2.75) is 39.3 Å². The van der Waals surface area contributed by atoms with E-state index in [4.69, 9.17) is 0 Å². The maximum absolute atomic E-state index is 11.9. The Balaban J connectivity index is 2.07. The van der Waals surface area contributed by atoms with Crippen LogP contribution in [0.3, 0.4) is 0 Å². The summed E-state index contributed by atoms with van der Waals surface area (Å²) in [5.74, 6) is 0.0480. The van der Waals surface area contributed by atoms with E-state index in [1.165, 1.54) is 0 Å². The molecule has 0 bridgehead atoms. The molecule has 0 aliphatic heterocycles. The fourth-order valence-corrected chi connectivity index (χ4v) is 2.06. The summed E-state index contributed by atoms with van der Waals surface area (Å²) in [7, 11) is 0. The molecule has 0 aliphatic carbocycles. The van der Waals surface area contributed by atoms with E-state index in [0.29, 0.717) is 6.54 Å². The van der Waals surface area contributed by atoms with Crippen molar-refractivity contribution < 1.29 is 4.79 Å². The van der Waals surface area contributed by atoms with Crippen LogP contribution in [0.2, 0.25) is 0 Å². The molecule has 0 radical (unpaired) electrons. The SMILES string of the molecule is CCC(CC)NC(=O)Cn1cnc2ccccc21. The van der Waals surface area contributed by atoms with Gasteiger partial charge in [0.15, 0.2) is 0 Å². The molecular formula is C14H19N3O. The summed E-state index contributed by atoms with van der Waals surface area (Å²) in [4.78, 5) is 16.2. The lowest BCUT2D eigenvalue weighted by molar-refractivity contribution is -0.122. The third-order valence-electron chi connectivity index (χ3n) is 3.19. The molecule has 1 N–H and O–H groups in total. The monoisotopic (exact) mass is 245 g/mol. The van der Waals surface area contributed by atoms with Gasteiger partial charge in [-0.15, -0.1) is 0 Å². The molecule has 18 heavy (non-hydrogen) atoms. The summed E-state index contributed by atoms with van der Waals surface area (Å²) in [6.07, 6.45) is 3.65. The first-order valence-corrected chi connectivity index (χ1v) is 6.43. The smallest absolute Gasteiger partial charge is 0.240 e. The second-order valence-electron chi connectivity index (χ2n) is 4.44. The largest absolute Gasteiger partial charge is 0.352 e. The summed E-state index contributed by atoms with van der Waals surface area (Å²) in [5.41, 5.74) is 1.92. The van der Waals surface area contributed by atoms with Gasteiger partial charge >= 0.3 is 0 Å². The van der Waals surface area contributed by atoms with Gasteiger partial charge in [0.1, 0.15) is 6.54 Å². The van der Waals surface area contributed by atoms with Crippen LogP contribution in [0, 0.1) is 0 Å². The number of carbonyl (C=O) groups is 1. The molecular weight excluding hydrogens is 226 g/mol. The van der Waals surface area contributed by atoms with E-state index in [0.717, 1.165) is 23.9 Å². The van der Waals surface area contributed by atoms with Gasteiger partial charge in [-0.1, -0.05) is 26.0 Å². The van der Waals surface area contributed by atoms with Crippen molar-refractivity contribution >= 4 is 16.9 Å². The Morgan fingerprint density at radius 2 is 2.06 bits per heavy atom. The van der Waals surface area contributed by atoms with Gasteiger partial charge in [-0.25, -0.2) is 4.98 Å². The van der Waals surface area contributed by atoms with Gasteiger partial charge < -0.3 is 9.88 Å². The van der Waals surface area contributed by atoms with E-state index in [9.17, 15) is 4.79 Å². The lowest BCUT2D eigenvalue weighted by Gasteiger charge is -2.15. The van der Waals surface area contributed by atoms with Crippen LogP contribution in [0.1, 0.15) is 26.7 Å². The molecule has 4 nitrogen and oxygen atoms in total. The molecule has 1 aromatic carbocycles. The highest BCUT2D eigenvalue weighted by molar-refractivity contribution is 5.80. The van der Waals surface area contributed by atoms with Crippen LogP contribution in [-0.2, 0) is 11.3 Å². The lowest BCUT2D eigenvalue weighted by Crippen LogP contribution is -2.36. The third kappa shape index (κ3) is 2.70. The lowest BCUT2D eigenvalue weighted by atomic mass is 10.2. The summed E-state index contributed by atoms with van der Waals surface area (Å²) >= 11 is 0. The number of hydrogen-bond acceptors (Lipinski definition) is 2. The average molecular weight is 245 g/mol. The predicted molar refractivity (Wildman–Crippen MR) is 72.2 cm³/mol.